The van der Waals surface area contributed by atoms with E-state index in [1.807, 2.05) is 0 Å². The summed E-state index contributed by atoms with van der Waals surface area (Å²) in [5, 5.41) is 9.31. The molecule has 0 aliphatic heterocycles. The van der Waals surface area contributed by atoms with Gasteiger partial charge in [-0.25, -0.2) is 0 Å². The molecule has 110 valence electrons. The van der Waals surface area contributed by atoms with Crippen LogP contribution in [0.2, 0.25) is 0 Å². The van der Waals surface area contributed by atoms with Crippen molar-refractivity contribution < 1.29 is 19.5 Å². The summed E-state index contributed by atoms with van der Waals surface area (Å²) in [4.78, 5) is 35.9. The maximum atomic E-state index is 12.2. The van der Waals surface area contributed by atoms with E-state index in [9.17, 15) is 19.5 Å². The maximum absolute atomic E-state index is 12.2. The van der Waals surface area contributed by atoms with Gasteiger partial charge in [0, 0.05) is 12.5 Å². The second-order valence-electron chi connectivity index (χ2n) is 5.05. The number of hydrogen-bond acceptors (Lipinski definition) is 3. The molecule has 2 amide bonds. The molecular formula is C13H24N2O4. The molecule has 3 N–H and O–H groups in total. The predicted molar refractivity (Wildman–Crippen MR) is 71.3 cm³/mol. The highest BCUT2D eigenvalue weighted by Crippen LogP contribution is 2.32. The van der Waals surface area contributed by atoms with E-state index in [-0.39, 0.29) is 24.9 Å². The smallest absolute Gasteiger partial charge is 0.310 e. The van der Waals surface area contributed by atoms with Crippen molar-refractivity contribution in [3.63, 3.8) is 0 Å². The van der Waals surface area contributed by atoms with Crippen LogP contribution in [0, 0.1) is 5.41 Å². The number of carboxylic acid groups (broad SMARTS) is 1. The summed E-state index contributed by atoms with van der Waals surface area (Å²) in [5.41, 5.74) is 4.04. The van der Waals surface area contributed by atoms with Gasteiger partial charge in [-0.15, -0.1) is 0 Å². The number of carboxylic acids is 1. The molecule has 0 aromatic heterocycles. The Morgan fingerprint density at radius 1 is 1.21 bits per heavy atom. The van der Waals surface area contributed by atoms with Crippen molar-refractivity contribution in [3.8, 4) is 0 Å². The molecule has 0 unspecified atom stereocenters. The molecule has 0 aliphatic carbocycles. The molecule has 0 aromatic rings. The van der Waals surface area contributed by atoms with Crippen molar-refractivity contribution in [2.75, 3.05) is 6.54 Å². The highest BCUT2D eigenvalue weighted by Gasteiger charge is 2.38. The molecule has 0 atom stereocenters. The summed E-state index contributed by atoms with van der Waals surface area (Å²) < 4.78 is 0. The van der Waals surface area contributed by atoms with Crippen LogP contribution >= 0.6 is 0 Å². The molecular weight excluding hydrogens is 248 g/mol. The molecule has 0 bridgehead atoms. The summed E-state index contributed by atoms with van der Waals surface area (Å²) in [6.07, 6.45) is 0.626. The van der Waals surface area contributed by atoms with Crippen LogP contribution in [0.5, 0.6) is 0 Å². The molecule has 0 saturated carbocycles. The molecule has 0 aliphatic rings. The fraction of sp³-hybridized carbons (Fsp3) is 0.769. The maximum Gasteiger partial charge on any atom is 0.310 e. The van der Waals surface area contributed by atoms with Gasteiger partial charge < -0.3 is 15.7 Å². The zero-order valence-electron chi connectivity index (χ0n) is 12.1. The van der Waals surface area contributed by atoms with E-state index in [0.717, 1.165) is 0 Å². The van der Waals surface area contributed by atoms with Crippen molar-refractivity contribution in [2.24, 2.45) is 11.1 Å². The van der Waals surface area contributed by atoms with Crippen LogP contribution < -0.4 is 5.73 Å². The molecule has 0 heterocycles. The lowest BCUT2D eigenvalue weighted by atomic mass is 9.79. The van der Waals surface area contributed by atoms with Crippen LogP contribution in [-0.2, 0) is 14.4 Å². The first-order chi connectivity index (χ1) is 8.70. The zero-order chi connectivity index (χ0) is 15.2. The third-order valence-electron chi connectivity index (χ3n) is 3.57. The summed E-state index contributed by atoms with van der Waals surface area (Å²) in [6.45, 7) is 6.85. The highest BCUT2D eigenvalue weighted by molar-refractivity contribution is 5.88. The molecule has 0 radical (unpaired) electrons. The third kappa shape index (κ3) is 4.54. The SMILES string of the molecule is CCC(CC)(CC(=O)N(CC(N)=O)C(C)C)C(=O)O. The average molecular weight is 272 g/mol. The van der Waals surface area contributed by atoms with Crippen molar-refractivity contribution in [3.05, 3.63) is 0 Å². The van der Waals surface area contributed by atoms with Crippen LogP contribution in [-0.4, -0.2) is 40.4 Å². The summed E-state index contributed by atoms with van der Waals surface area (Å²) in [7, 11) is 0. The largest absolute Gasteiger partial charge is 0.481 e. The minimum Gasteiger partial charge on any atom is -0.481 e. The van der Waals surface area contributed by atoms with Gasteiger partial charge in [0.2, 0.25) is 11.8 Å². The normalized spacial score (nSPS) is 11.4. The second kappa shape index (κ2) is 7.11. The topological polar surface area (TPSA) is 101 Å². The van der Waals surface area contributed by atoms with E-state index < -0.39 is 17.3 Å². The lowest BCUT2D eigenvalue weighted by molar-refractivity contribution is -0.155. The summed E-state index contributed by atoms with van der Waals surface area (Å²) in [5.74, 6) is -1.93. The molecule has 6 nitrogen and oxygen atoms in total. The number of hydrogen-bond donors (Lipinski definition) is 2. The summed E-state index contributed by atoms with van der Waals surface area (Å²) in [6, 6.07) is -0.194. The first kappa shape index (κ1) is 17.4. The van der Waals surface area contributed by atoms with Gasteiger partial charge in [0.15, 0.2) is 0 Å². The number of carbonyl (C=O) groups is 3. The number of aliphatic carboxylic acids is 1. The van der Waals surface area contributed by atoms with Crippen molar-refractivity contribution in [1.82, 2.24) is 4.90 Å². The highest BCUT2D eigenvalue weighted by atomic mass is 16.4. The van der Waals surface area contributed by atoms with Gasteiger partial charge in [-0.3, -0.25) is 14.4 Å². The Bertz CT molecular complexity index is 349. The third-order valence-corrected chi connectivity index (χ3v) is 3.57. The van der Waals surface area contributed by atoms with Gasteiger partial charge >= 0.3 is 5.97 Å². The van der Waals surface area contributed by atoms with Crippen molar-refractivity contribution in [2.45, 2.75) is 53.0 Å². The van der Waals surface area contributed by atoms with Gasteiger partial charge in [0.05, 0.1) is 12.0 Å². The Balaban J connectivity index is 5.06. The lowest BCUT2D eigenvalue weighted by Crippen LogP contribution is -2.46. The van der Waals surface area contributed by atoms with Crippen molar-refractivity contribution >= 4 is 17.8 Å². The van der Waals surface area contributed by atoms with E-state index in [1.54, 1.807) is 27.7 Å². The number of carbonyl (C=O) groups excluding carboxylic acids is 2. The Kier molecular flexibility index (Phi) is 6.52. The predicted octanol–water partition coefficient (Wildman–Crippen LogP) is 0.990. The number of amides is 2. The molecule has 0 aromatic carbocycles. The Labute approximate surface area is 113 Å². The van der Waals surface area contributed by atoms with E-state index in [0.29, 0.717) is 12.8 Å². The molecule has 6 heteroatoms. The van der Waals surface area contributed by atoms with Gasteiger partial charge in [-0.05, 0) is 26.7 Å². The second-order valence-corrected chi connectivity index (χ2v) is 5.05. The van der Waals surface area contributed by atoms with E-state index in [1.165, 1.54) is 4.90 Å². The van der Waals surface area contributed by atoms with Gasteiger partial charge in [0.1, 0.15) is 0 Å². The van der Waals surface area contributed by atoms with Crippen molar-refractivity contribution in [1.29, 1.82) is 0 Å². The van der Waals surface area contributed by atoms with Crippen LogP contribution in [0.4, 0.5) is 0 Å². The van der Waals surface area contributed by atoms with Gasteiger partial charge in [-0.1, -0.05) is 13.8 Å². The molecule has 0 fully saturated rings. The Morgan fingerprint density at radius 2 is 1.68 bits per heavy atom. The standard InChI is InChI=1S/C13H24N2O4/c1-5-13(6-2,12(18)19)7-11(17)15(9(3)4)8-10(14)16/h9H,5-8H2,1-4H3,(H2,14,16)(H,18,19). The first-order valence-electron chi connectivity index (χ1n) is 6.51. The fourth-order valence-electron chi connectivity index (χ4n) is 2.00. The van der Waals surface area contributed by atoms with Crippen LogP contribution in [0.1, 0.15) is 47.0 Å². The van der Waals surface area contributed by atoms with Crippen LogP contribution in [0.25, 0.3) is 0 Å². The van der Waals surface area contributed by atoms with E-state index >= 15 is 0 Å². The monoisotopic (exact) mass is 272 g/mol. The summed E-state index contributed by atoms with van der Waals surface area (Å²) >= 11 is 0. The first-order valence-corrected chi connectivity index (χ1v) is 6.51. The number of rotatable bonds is 8. The molecule has 0 rings (SSSR count). The lowest BCUT2D eigenvalue weighted by Gasteiger charge is -2.31. The van der Waals surface area contributed by atoms with E-state index in [4.69, 9.17) is 5.73 Å². The minimum absolute atomic E-state index is 0.110. The molecule has 19 heavy (non-hydrogen) atoms. The quantitative estimate of drug-likeness (QED) is 0.688. The van der Waals surface area contributed by atoms with E-state index in [2.05, 4.69) is 0 Å². The van der Waals surface area contributed by atoms with Gasteiger partial charge in [0.25, 0.3) is 0 Å². The number of nitrogens with two attached hydrogens (primary N) is 1. The minimum atomic E-state index is -1.07. The van der Waals surface area contributed by atoms with Crippen LogP contribution in [0.3, 0.4) is 0 Å². The fourth-order valence-corrected chi connectivity index (χ4v) is 2.00. The zero-order valence-corrected chi connectivity index (χ0v) is 12.1. The Morgan fingerprint density at radius 3 is 1.95 bits per heavy atom. The Hall–Kier alpha value is -1.59. The molecule has 0 spiro atoms. The molecule has 0 saturated heterocycles. The number of primary amides is 1. The van der Waals surface area contributed by atoms with Crippen LogP contribution in [0.15, 0.2) is 0 Å². The number of nitrogens with zero attached hydrogens (tertiary/aromatic N) is 1. The average Bonchev–Trinajstić information content (AvgIpc) is 2.31. The van der Waals surface area contributed by atoms with Gasteiger partial charge in [-0.2, -0.15) is 0 Å².